The number of nitrogens with zero attached hydrogens (tertiary/aromatic N) is 2. The lowest BCUT2D eigenvalue weighted by Crippen LogP contribution is -2.50. The Morgan fingerprint density at radius 2 is 2.15 bits per heavy atom. The van der Waals surface area contributed by atoms with E-state index in [4.69, 9.17) is 0 Å². The van der Waals surface area contributed by atoms with Gasteiger partial charge in [0, 0.05) is 35.2 Å². The highest BCUT2D eigenvalue weighted by atomic mass is 32.2. The Bertz CT molecular complexity index is 896. The van der Waals surface area contributed by atoms with Crippen LogP contribution < -0.4 is 5.32 Å². The molecule has 1 N–H and O–H groups in total. The molecule has 0 radical (unpaired) electrons. The van der Waals surface area contributed by atoms with E-state index in [9.17, 15) is 13.2 Å². The number of hydrogen-bond acceptors (Lipinski definition) is 6. The monoisotopic (exact) mass is 407 g/mol. The number of amides is 1. The molecule has 0 bridgehead atoms. The summed E-state index contributed by atoms with van der Waals surface area (Å²) in [7, 11) is -3.06. The van der Waals surface area contributed by atoms with Crippen molar-refractivity contribution < 1.29 is 13.2 Å². The second-order valence-corrected chi connectivity index (χ2v) is 11.0. The smallest absolute Gasteiger partial charge is 0.234 e. The number of hydrogen-bond donors (Lipinski definition) is 1. The Balaban J connectivity index is 1.67. The zero-order valence-corrected chi connectivity index (χ0v) is 17.3. The van der Waals surface area contributed by atoms with Crippen molar-refractivity contribution in [1.29, 1.82) is 0 Å². The number of sulfone groups is 1. The van der Waals surface area contributed by atoms with Crippen LogP contribution in [0.4, 0.5) is 0 Å². The van der Waals surface area contributed by atoms with Crippen molar-refractivity contribution in [3.63, 3.8) is 0 Å². The third kappa shape index (κ3) is 5.85. The molecule has 3 heterocycles. The molecule has 0 aliphatic carbocycles. The van der Waals surface area contributed by atoms with Crippen molar-refractivity contribution in [1.82, 2.24) is 15.2 Å². The molecule has 3 rings (SSSR count). The molecule has 0 spiro atoms. The maximum atomic E-state index is 12.7. The third-order valence-electron chi connectivity index (χ3n) is 4.62. The summed E-state index contributed by atoms with van der Waals surface area (Å²) in [6.45, 7) is 5.35. The average molecular weight is 408 g/mol. The summed E-state index contributed by atoms with van der Waals surface area (Å²) < 4.78 is 23.5. The molecule has 1 fully saturated rings. The van der Waals surface area contributed by atoms with E-state index in [2.05, 4.69) is 34.3 Å². The van der Waals surface area contributed by atoms with Gasteiger partial charge in [0.15, 0.2) is 9.84 Å². The van der Waals surface area contributed by atoms with Crippen molar-refractivity contribution in [3.05, 3.63) is 52.0 Å². The van der Waals surface area contributed by atoms with Crippen LogP contribution in [0.2, 0.25) is 0 Å². The van der Waals surface area contributed by atoms with Crippen LogP contribution in [0.5, 0.6) is 0 Å². The molecule has 1 saturated heterocycles. The number of rotatable bonds is 7. The minimum atomic E-state index is -3.06. The number of aromatic nitrogens is 1. The molecule has 1 atom stereocenters. The van der Waals surface area contributed by atoms with Gasteiger partial charge in [0.05, 0.1) is 23.6 Å². The average Bonchev–Trinajstić information content (AvgIpc) is 3.10. The van der Waals surface area contributed by atoms with E-state index in [1.165, 1.54) is 9.75 Å². The molecule has 146 valence electrons. The van der Waals surface area contributed by atoms with Crippen LogP contribution in [-0.4, -0.2) is 47.8 Å². The molecule has 27 heavy (non-hydrogen) atoms. The fraction of sp³-hybridized carbons (Fsp3) is 0.474. The molecule has 8 heteroatoms. The van der Waals surface area contributed by atoms with Crippen LogP contribution in [-0.2, 0) is 27.7 Å². The van der Waals surface area contributed by atoms with Gasteiger partial charge in [-0.1, -0.05) is 6.07 Å². The van der Waals surface area contributed by atoms with E-state index in [1.807, 2.05) is 19.1 Å². The summed E-state index contributed by atoms with van der Waals surface area (Å²) in [5.74, 6) is 0.00241. The van der Waals surface area contributed by atoms with Crippen molar-refractivity contribution in [2.75, 3.05) is 18.1 Å². The Hall–Kier alpha value is -1.77. The van der Waals surface area contributed by atoms with Gasteiger partial charge in [-0.3, -0.25) is 14.7 Å². The minimum absolute atomic E-state index is 0.0124. The van der Waals surface area contributed by atoms with Gasteiger partial charge in [-0.2, -0.15) is 0 Å². The van der Waals surface area contributed by atoms with Gasteiger partial charge in [0.1, 0.15) is 0 Å². The highest BCUT2D eigenvalue weighted by Crippen LogP contribution is 2.23. The van der Waals surface area contributed by atoms with Crippen LogP contribution in [0.15, 0.2) is 36.7 Å². The fourth-order valence-electron chi connectivity index (χ4n) is 3.40. The van der Waals surface area contributed by atoms with Crippen LogP contribution in [0.25, 0.3) is 0 Å². The predicted molar refractivity (Wildman–Crippen MR) is 107 cm³/mol. The summed E-state index contributed by atoms with van der Waals surface area (Å²) in [5.41, 5.74) is 0.364. The molecule has 1 aliphatic heterocycles. The van der Waals surface area contributed by atoms with Crippen molar-refractivity contribution >= 4 is 27.1 Å². The van der Waals surface area contributed by atoms with Crippen molar-refractivity contribution in [3.8, 4) is 0 Å². The molecule has 0 aromatic carbocycles. The molecular formula is C19H25N3O3S2. The van der Waals surface area contributed by atoms with E-state index in [1.54, 1.807) is 23.7 Å². The first-order valence-corrected chi connectivity index (χ1v) is 11.5. The Morgan fingerprint density at radius 1 is 1.33 bits per heavy atom. The molecule has 0 saturated carbocycles. The Kier molecular flexibility index (Phi) is 5.98. The molecule has 1 unspecified atom stereocenters. The lowest BCUT2D eigenvalue weighted by molar-refractivity contribution is -0.124. The quantitative estimate of drug-likeness (QED) is 0.761. The second kappa shape index (κ2) is 8.08. The highest BCUT2D eigenvalue weighted by molar-refractivity contribution is 7.91. The molecular weight excluding hydrogens is 382 g/mol. The van der Waals surface area contributed by atoms with Gasteiger partial charge in [0.2, 0.25) is 5.91 Å². The number of carbonyl (C=O) groups is 1. The normalized spacial score (nSPS) is 21.4. The van der Waals surface area contributed by atoms with Gasteiger partial charge >= 0.3 is 0 Å². The van der Waals surface area contributed by atoms with Crippen LogP contribution in [0.1, 0.15) is 28.7 Å². The molecule has 2 aromatic rings. The molecule has 6 nitrogen and oxygen atoms in total. The lowest BCUT2D eigenvalue weighted by atomic mass is 10.0. The third-order valence-corrected chi connectivity index (χ3v) is 7.50. The zero-order chi connectivity index (χ0) is 19.5. The largest absolute Gasteiger partial charge is 0.349 e. The maximum absolute atomic E-state index is 12.7. The SMILES string of the molecule is Cc1ccc(CN(CC(=O)NC2(C)CCS(=O)(=O)C2)Cc2cccnc2)s1. The van der Waals surface area contributed by atoms with E-state index in [-0.39, 0.29) is 24.0 Å². The fourth-order valence-corrected chi connectivity index (χ4v) is 6.42. The Morgan fingerprint density at radius 3 is 2.74 bits per heavy atom. The van der Waals surface area contributed by atoms with E-state index in [0.29, 0.717) is 19.5 Å². The van der Waals surface area contributed by atoms with Gasteiger partial charge < -0.3 is 5.32 Å². The molecule has 1 amide bonds. The summed E-state index contributed by atoms with van der Waals surface area (Å²) in [4.78, 5) is 21.3. The summed E-state index contributed by atoms with van der Waals surface area (Å²) >= 11 is 1.72. The van der Waals surface area contributed by atoms with Crippen LogP contribution in [0, 0.1) is 6.92 Å². The summed E-state index contributed by atoms with van der Waals surface area (Å²) in [6.07, 6.45) is 3.99. The van der Waals surface area contributed by atoms with Crippen molar-refractivity contribution in [2.45, 2.75) is 38.9 Å². The number of nitrogens with one attached hydrogen (secondary N) is 1. The minimum Gasteiger partial charge on any atom is -0.349 e. The number of thiophene rings is 1. The predicted octanol–water partition coefficient (Wildman–Crippen LogP) is 2.15. The number of carbonyl (C=O) groups excluding carboxylic acids is 1. The second-order valence-electron chi connectivity index (χ2n) is 7.47. The van der Waals surface area contributed by atoms with E-state index < -0.39 is 15.4 Å². The van der Waals surface area contributed by atoms with Gasteiger partial charge in [-0.25, -0.2) is 8.42 Å². The molecule has 1 aliphatic rings. The topological polar surface area (TPSA) is 79.4 Å². The summed E-state index contributed by atoms with van der Waals surface area (Å²) in [6, 6.07) is 8.03. The molecule has 2 aromatic heterocycles. The van der Waals surface area contributed by atoms with E-state index >= 15 is 0 Å². The first kappa shape index (κ1) is 20.0. The Labute approximate surface area is 164 Å². The highest BCUT2D eigenvalue weighted by Gasteiger charge is 2.39. The lowest BCUT2D eigenvalue weighted by Gasteiger charge is -2.27. The van der Waals surface area contributed by atoms with Crippen LogP contribution in [0.3, 0.4) is 0 Å². The van der Waals surface area contributed by atoms with Crippen molar-refractivity contribution in [2.24, 2.45) is 0 Å². The summed E-state index contributed by atoms with van der Waals surface area (Å²) in [5, 5.41) is 2.95. The first-order valence-electron chi connectivity index (χ1n) is 8.91. The van der Waals surface area contributed by atoms with Gasteiger partial charge in [0.25, 0.3) is 0 Å². The van der Waals surface area contributed by atoms with Gasteiger partial charge in [-0.05, 0) is 44.0 Å². The van der Waals surface area contributed by atoms with Crippen LogP contribution >= 0.6 is 11.3 Å². The standard InChI is InChI=1S/C19H25N3O3S2/c1-15-5-6-17(26-15)12-22(11-16-4-3-8-20-10-16)13-18(23)21-19(2)7-9-27(24,25)14-19/h3-6,8,10H,7,9,11-14H2,1-2H3,(H,21,23). The number of aryl methyl sites for hydroxylation is 1. The maximum Gasteiger partial charge on any atom is 0.234 e. The van der Waals surface area contributed by atoms with E-state index in [0.717, 1.165) is 5.56 Å². The first-order chi connectivity index (χ1) is 12.7. The van der Waals surface area contributed by atoms with Gasteiger partial charge in [-0.15, -0.1) is 11.3 Å². The zero-order valence-electron chi connectivity index (χ0n) is 15.6. The number of pyridine rings is 1.